The SMILES string of the molecule is CC(Oc1ccccc1C#N)C(=O)Nc1ccc2nc(Cc3ccccc3F)[nH]c2c1. The van der Waals surface area contributed by atoms with Crippen molar-refractivity contribution < 1.29 is 13.9 Å². The molecule has 0 fully saturated rings. The number of imidazole rings is 1. The first-order valence-electron chi connectivity index (χ1n) is 9.72. The zero-order chi connectivity index (χ0) is 21.8. The van der Waals surface area contributed by atoms with Crippen LogP contribution in [0.15, 0.2) is 66.7 Å². The van der Waals surface area contributed by atoms with Gasteiger partial charge in [-0.25, -0.2) is 9.37 Å². The molecule has 0 aliphatic carbocycles. The fourth-order valence-corrected chi connectivity index (χ4v) is 3.20. The highest BCUT2D eigenvalue weighted by atomic mass is 19.1. The van der Waals surface area contributed by atoms with Crippen LogP contribution in [-0.4, -0.2) is 22.0 Å². The van der Waals surface area contributed by atoms with Crippen LogP contribution < -0.4 is 10.1 Å². The number of benzene rings is 3. The van der Waals surface area contributed by atoms with Crippen LogP contribution in [0.1, 0.15) is 23.9 Å². The molecule has 0 saturated carbocycles. The van der Waals surface area contributed by atoms with Gasteiger partial charge in [-0.05, 0) is 48.9 Å². The average Bonchev–Trinajstić information content (AvgIpc) is 3.17. The van der Waals surface area contributed by atoms with Gasteiger partial charge in [0.15, 0.2) is 6.10 Å². The maximum atomic E-state index is 13.9. The van der Waals surface area contributed by atoms with E-state index in [0.29, 0.717) is 34.8 Å². The van der Waals surface area contributed by atoms with Gasteiger partial charge in [-0.2, -0.15) is 5.26 Å². The Hall–Kier alpha value is -4.18. The molecule has 3 aromatic carbocycles. The molecule has 4 aromatic rings. The van der Waals surface area contributed by atoms with Gasteiger partial charge >= 0.3 is 0 Å². The predicted molar refractivity (Wildman–Crippen MR) is 115 cm³/mol. The number of carbonyl (C=O) groups excluding carboxylic acids is 1. The highest BCUT2D eigenvalue weighted by Crippen LogP contribution is 2.21. The fraction of sp³-hybridized carbons (Fsp3) is 0.125. The predicted octanol–water partition coefficient (Wildman–Crippen LogP) is 4.57. The van der Waals surface area contributed by atoms with E-state index in [1.165, 1.54) is 6.07 Å². The smallest absolute Gasteiger partial charge is 0.265 e. The van der Waals surface area contributed by atoms with Crippen LogP contribution in [0.4, 0.5) is 10.1 Å². The van der Waals surface area contributed by atoms with Crippen molar-refractivity contribution in [2.24, 2.45) is 0 Å². The number of ether oxygens (including phenoxy) is 1. The fourth-order valence-electron chi connectivity index (χ4n) is 3.20. The zero-order valence-corrected chi connectivity index (χ0v) is 16.7. The maximum absolute atomic E-state index is 13.9. The number of nitrogens with zero attached hydrogens (tertiary/aromatic N) is 2. The molecule has 1 unspecified atom stereocenters. The van der Waals surface area contributed by atoms with Crippen molar-refractivity contribution in [3.05, 3.63) is 89.5 Å². The second kappa shape index (κ2) is 8.67. The molecule has 1 amide bonds. The third-order valence-electron chi connectivity index (χ3n) is 4.79. The third kappa shape index (κ3) is 4.54. The van der Waals surface area contributed by atoms with Gasteiger partial charge in [0.05, 0.1) is 16.6 Å². The normalized spacial score (nSPS) is 11.6. The molecule has 6 nitrogen and oxygen atoms in total. The van der Waals surface area contributed by atoms with E-state index >= 15 is 0 Å². The van der Waals surface area contributed by atoms with Crippen molar-refractivity contribution >= 4 is 22.6 Å². The largest absolute Gasteiger partial charge is 0.480 e. The van der Waals surface area contributed by atoms with Crippen LogP contribution in [0.25, 0.3) is 11.0 Å². The first-order valence-corrected chi connectivity index (χ1v) is 9.72. The van der Waals surface area contributed by atoms with E-state index < -0.39 is 6.10 Å². The van der Waals surface area contributed by atoms with Gasteiger partial charge in [-0.3, -0.25) is 4.79 Å². The van der Waals surface area contributed by atoms with Gasteiger partial charge in [-0.15, -0.1) is 0 Å². The molecule has 1 atom stereocenters. The van der Waals surface area contributed by atoms with Crippen LogP contribution in [0, 0.1) is 17.1 Å². The lowest BCUT2D eigenvalue weighted by atomic mass is 10.1. The number of carbonyl (C=O) groups is 1. The molecule has 7 heteroatoms. The quantitative estimate of drug-likeness (QED) is 0.484. The van der Waals surface area contributed by atoms with Gasteiger partial charge in [0.1, 0.15) is 23.5 Å². The molecular weight excluding hydrogens is 395 g/mol. The van der Waals surface area contributed by atoms with Crippen molar-refractivity contribution in [3.8, 4) is 11.8 Å². The van der Waals surface area contributed by atoms with E-state index in [1.54, 1.807) is 67.6 Å². The number of hydrogen-bond donors (Lipinski definition) is 2. The number of aromatic nitrogens is 2. The lowest BCUT2D eigenvalue weighted by Crippen LogP contribution is -2.30. The molecule has 1 heterocycles. The van der Waals surface area contributed by atoms with Crippen molar-refractivity contribution in [3.63, 3.8) is 0 Å². The Kier molecular flexibility index (Phi) is 5.63. The molecule has 2 N–H and O–H groups in total. The molecule has 0 bridgehead atoms. The lowest BCUT2D eigenvalue weighted by molar-refractivity contribution is -0.122. The molecule has 154 valence electrons. The van der Waals surface area contributed by atoms with Gasteiger partial charge in [-0.1, -0.05) is 30.3 Å². The number of amides is 1. The van der Waals surface area contributed by atoms with Crippen molar-refractivity contribution in [1.82, 2.24) is 9.97 Å². The van der Waals surface area contributed by atoms with Crippen LogP contribution in [0.2, 0.25) is 0 Å². The Morgan fingerprint density at radius 3 is 2.77 bits per heavy atom. The van der Waals surface area contributed by atoms with E-state index in [1.807, 2.05) is 6.07 Å². The summed E-state index contributed by atoms with van der Waals surface area (Å²) < 4.78 is 19.5. The monoisotopic (exact) mass is 414 g/mol. The Balaban J connectivity index is 1.46. The standard InChI is InChI=1S/C24H19FN4O2/c1-15(31-22-9-5-3-7-17(22)14-26)24(30)27-18-10-11-20-21(13-18)29-23(28-20)12-16-6-2-4-8-19(16)25/h2-11,13,15H,12H2,1H3,(H,27,30)(H,28,29). The van der Waals surface area contributed by atoms with E-state index in [9.17, 15) is 9.18 Å². The second-order valence-corrected chi connectivity index (χ2v) is 7.04. The molecule has 0 spiro atoms. The number of aromatic amines is 1. The second-order valence-electron chi connectivity index (χ2n) is 7.04. The maximum Gasteiger partial charge on any atom is 0.265 e. The van der Waals surface area contributed by atoms with Gasteiger partial charge < -0.3 is 15.0 Å². The summed E-state index contributed by atoms with van der Waals surface area (Å²) in [5.74, 6) is 0.365. The Morgan fingerprint density at radius 1 is 1.19 bits per heavy atom. The molecule has 1 aromatic heterocycles. The summed E-state index contributed by atoms with van der Waals surface area (Å²) in [6, 6.07) is 20.7. The third-order valence-corrected chi connectivity index (χ3v) is 4.79. The van der Waals surface area contributed by atoms with Crippen molar-refractivity contribution in [1.29, 1.82) is 5.26 Å². The molecule has 4 rings (SSSR count). The summed E-state index contributed by atoms with van der Waals surface area (Å²) in [4.78, 5) is 20.2. The molecular formula is C24H19FN4O2. The molecule has 0 radical (unpaired) electrons. The van der Waals surface area contributed by atoms with Gasteiger partial charge in [0.25, 0.3) is 5.91 Å². The van der Waals surface area contributed by atoms with E-state index in [0.717, 1.165) is 11.0 Å². The first-order chi connectivity index (χ1) is 15.0. The van der Waals surface area contributed by atoms with Crippen LogP contribution in [0.3, 0.4) is 0 Å². The van der Waals surface area contributed by atoms with Crippen LogP contribution >= 0.6 is 0 Å². The number of H-pyrrole nitrogens is 1. The number of nitriles is 1. The zero-order valence-electron chi connectivity index (χ0n) is 16.7. The summed E-state index contributed by atoms with van der Waals surface area (Å²) in [5, 5.41) is 12.0. The number of nitrogens with one attached hydrogen (secondary N) is 2. The highest BCUT2D eigenvalue weighted by Gasteiger charge is 2.17. The average molecular weight is 414 g/mol. The van der Waals surface area contributed by atoms with Gasteiger partial charge in [0, 0.05) is 12.1 Å². The topological polar surface area (TPSA) is 90.8 Å². The van der Waals surface area contributed by atoms with Crippen LogP contribution in [0.5, 0.6) is 5.75 Å². The number of rotatable bonds is 6. The van der Waals surface area contributed by atoms with E-state index in [-0.39, 0.29) is 11.7 Å². The van der Waals surface area contributed by atoms with E-state index in [4.69, 9.17) is 10.00 Å². The molecule has 0 aliphatic rings. The molecule has 0 aliphatic heterocycles. The summed E-state index contributed by atoms with van der Waals surface area (Å²) in [5.41, 5.74) is 2.94. The summed E-state index contributed by atoms with van der Waals surface area (Å²) in [7, 11) is 0. The summed E-state index contributed by atoms with van der Waals surface area (Å²) in [6.07, 6.45) is -0.463. The molecule has 0 saturated heterocycles. The van der Waals surface area contributed by atoms with Crippen LogP contribution in [-0.2, 0) is 11.2 Å². The van der Waals surface area contributed by atoms with Crippen molar-refractivity contribution in [2.75, 3.05) is 5.32 Å². The number of para-hydroxylation sites is 1. The minimum Gasteiger partial charge on any atom is -0.480 e. The Morgan fingerprint density at radius 2 is 1.97 bits per heavy atom. The molecule has 31 heavy (non-hydrogen) atoms. The summed E-state index contributed by atoms with van der Waals surface area (Å²) >= 11 is 0. The Bertz CT molecular complexity index is 1290. The first kappa shape index (κ1) is 20.1. The number of hydrogen-bond acceptors (Lipinski definition) is 4. The highest BCUT2D eigenvalue weighted by molar-refractivity contribution is 5.95. The number of halogens is 1. The summed E-state index contributed by atoms with van der Waals surface area (Å²) in [6.45, 7) is 1.62. The lowest BCUT2D eigenvalue weighted by Gasteiger charge is -2.15. The Labute approximate surface area is 178 Å². The van der Waals surface area contributed by atoms with Gasteiger partial charge in [0.2, 0.25) is 0 Å². The minimum atomic E-state index is -0.802. The number of anilines is 1. The van der Waals surface area contributed by atoms with Crippen molar-refractivity contribution in [2.45, 2.75) is 19.4 Å². The van der Waals surface area contributed by atoms with E-state index in [2.05, 4.69) is 15.3 Å². The minimum absolute atomic E-state index is 0.275. The number of fused-ring (bicyclic) bond motifs is 1.